The standard InChI is InChI=1S/C19H16F3N5O2.C2H2/c20-19(21,22)15(24)13-17(28)26-16(14-12(23)7-4-9-25-14)27(18(13)29)10-8-11-5-2-1-3-6-11;1-2/h1-7,9,24,28H,8,10,23H2;1-2H. The minimum Gasteiger partial charge on any atom is -0.493 e. The van der Waals surface area contributed by atoms with Gasteiger partial charge in [0, 0.05) is 12.7 Å². The van der Waals surface area contributed by atoms with E-state index in [1.54, 1.807) is 36.4 Å². The van der Waals surface area contributed by atoms with Gasteiger partial charge in [-0.2, -0.15) is 18.2 Å². The van der Waals surface area contributed by atoms with Crippen molar-refractivity contribution >= 4 is 11.4 Å². The van der Waals surface area contributed by atoms with Crippen LogP contribution in [0, 0.1) is 18.3 Å². The maximum atomic E-state index is 13.0. The van der Waals surface area contributed by atoms with Gasteiger partial charge in [-0.15, -0.1) is 12.8 Å². The van der Waals surface area contributed by atoms with Crippen molar-refractivity contribution in [3.8, 4) is 30.2 Å². The van der Waals surface area contributed by atoms with Gasteiger partial charge in [0.25, 0.3) is 5.56 Å². The number of pyridine rings is 1. The summed E-state index contributed by atoms with van der Waals surface area (Å²) in [5.74, 6) is -1.38. The molecule has 0 unspecified atom stereocenters. The lowest BCUT2D eigenvalue weighted by atomic mass is 10.1. The molecule has 10 heteroatoms. The number of nitrogen functional groups attached to an aromatic ring is 1. The summed E-state index contributed by atoms with van der Waals surface area (Å²) in [7, 11) is 0. The number of aryl methyl sites for hydroxylation is 1. The van der Waals surface area contributed by atoms with Crippen LogP contribution in [0.5, 0.6) is 5.88 Å². The van der Waals surface area contributed by atoms with E-state index >= 15 is 0 Å². The van der Waals surface area contributed by atoms with Gasteiger partial charge in [0.2, 0.25) is 5.88 Å². The molecule has 0 saturated carbocycles. The molecule has 2 heterocycles. The number of nitrogens with zero attached hydrogens (tertiary/aromatic N) is 3. The van der Waals surface area contributed by atoms with Crippen molar-refractivity contribution in [2.45, 2.75) is 19.1 Å². The number of terminal acetylenes is 1. The Morgan fingerprint density at radius 2 is 1.81 bits per heavy atom. The van der Waals surface area contributed by atoms with E-state index in [1.807, 2.05) is 0 Å². The minimum absolute atomic E-state index is 0.0399. The molecule has 7 nitrogen and oxygen atoms in total. The Morgan fingerprint density at radius 3 is 2.39 bits per heavy atom. The number of rotatable bonds is 5. The number of hydrogen-bond acceptors (Lipinski definition) is 6. The first-order valence-corrected chi connectivity index (χ1v) is 8.78. The van der Waals surface area contributed by atoms with Crippen LogP contribution in [0.2, 0.25) is 0 Å². The fraction of sp³-hybridized carbons (Fsp3) is 0.143. The predicted molar refractivity (Wildman–Crippen MR) is 111 cm³/mol. The number of aromatic nitrogens is 3. The summed E-state index contributed by atoms with van der Waals surface area (Å²) in [5, 5.41) is 17.3. The monoisotopic (exact) mass is 429 g/mol. The van der Waals surface area contributed by atoms with Crippen LogP contribution in [0.25, 0.3) is 11.5 Å². The molecule has 0 amide bonds. The highest BCUT2D eigenvalue weighted by atomic mass is 19.4. The number of benzene rings is 1. The topological polar surface area (TPSA) is 118 Å². The average molecular weight is 429 g/mol. The van der Waals surface area contributed by atoms with Crippen LogP contribution in [0.4, 0.5) is 18.9 Å². The van der Waals surface area contributed by atoms with E-state index in [2.05, 4.69) is 22.8 Å². The molecule has 3 rings (SSSR count). The minimum atomic E-state index is -5.12. The molecule has 0 aliphatic heterocycles. The molecule has 0 aliphatic rings. The normalized spacial score (nSPS) is 10.7. The van der Waals surface area contributed by atoms with Gasteiger partial charge in [-0.05, 0) is 24.1 Å². The zero-order valence-electron chi connectivity index (χ0n) is 16.1. The Bertz CT molecular complexity index is 1160. The highest BCUT2D eigenvalue weighted by Crippen LogP contribution is 2.27. The van der Waals surface area contributed by atoms with Crippen molar-refractivity contribution in [1.82, 2.24) is 14.5 Å². The number of halogens is 3. The first-order chi connectivity index (χ1) is 14.7. The van der Waals surface area contributed by atoms with E-state index in [9.17, 15) is 23.1 Å². The maximum absolute atomic E-state index is 13.0. The van der Waals surface area contributed by atoms with Gasteiger partial charge in [-0.1, -0.05) is 30.3 Å². The van der Waals surface area contributed by atoms with Crippen LogP contribution in [0.3, 0.4) is 0 Å². The summed E-state index contributed by atoms with van der Waals surface area (Å²) in [6.07, 6.45) is 4.55. The number of aromatic hydroxyl groups is 1. The van der Waals surface area contributed by atoms with Crippen molar-refractivity contribution in [1.29, 1.82) is 5.41 Å². The fourth-order valence-corrected chi connectivity index (χ4v) is 2.78. The van der Waals surface area contributed by atoms with Crippen molar-refractivity contribution in [2.24, 2.45) is 0 Å². The molecule has 4 N–H and O–H groups in total. The second-order valence-corrected chi connectivity index (χ2v) is 6.14. The molecule has 0 aliphatic carbocycles. The zero-order chi connectivity index (χ0) is 23.2. The van der Waals surface area contributed by atoms with Crippen LogP contribution in [-0.4, -0.2) is 31.5 Å². The Morgan fingerprint density at radius 1 is 1.16 bits per heavy atom. The van der Waals surface area contributed by atoms with Crippen molar-refractivity contribution in [2.75, 3.05) is 5.73 Å². The predicted octanol–water partition coefficient (Wildman–Crippen LogP) is 3.02. The van der Waals surface area contributed by atoms with Crippen molar-refractivity contribution in [3.05, 3.63) is 70.1 Å². The Balaban J connectivity index is 0.00000166. The lowest BCUT2D eigenvalue weighted by Gasteiger charge is -2.16. The molecule has 0 fully saturated rings. The third-order valence-corrected chi connectivity index (χ3v) is 4.20. The Hall–Kier alpha value is -4.13. The molecule has 2 aromatic heterocycles. The zero-order valence-corrected chi connectivity index (χ0v) is 16.1. The van der Waals surface area contributed by atoms with Gasteiger partial charge in [0.15, 0.2) is 11.5 Å². The number of nitrogens with one attached hydrogen (secondary N) is 1. The second-order valence-electron chi connectivity index (χ2n) is 6.14. The van der Waals surface area contributed by atoms with Crippen LogP contribution < -0.4 is 11.3 Å². The maximum Gasteiger partial charge on any atom is 0.433 e. The second kappa shape index (κ2) is 9.58. The smallest absolute Gasteiger partial charge is 0.433 e. The van der Waals surface area contributed by atoms with E-state index in [1.165, 1.54) is 12.3 Å². The molecule has 31 heavy (non-hydrogen) atoms. The van der Waals surface area contributed by atoms with Gasteiger partial charge in [0.05, 0.1) is 5.69 Å². The molecule has 3 aromatic rings. The first-order valence-electron chi connectivity index (χ1n) is 8.78. The van der Waals surface area contributed by atoms with Crippen LogP contribution in [0.1, 0.15) is 11.1 Å². The molecular formula is C21H18F3N5O2. The summed E-state index contributed by atoms with van der Waals surface area (Å²) in [6.45, 7) is -0.0559. The quantitative estimate of drug-likeness (QED) is 0.426. The largest absolute Gasteiger partial charge is 0.493 e. The van der Waals surface area contributed by atoms with E-state index in [0.29, 0.717) is 6.42 Å². The molecule has 160 valence electrons. The van der Waals surface area contributed by atoms with Crippen LogP contribution in [-0.2, 0) is 13.0 Å². The number of alkyl halides is 3. The number of nitrogens with two attached hydrogens (primary N) is 1. The highest BCUT2D eigenvalue weighted by molar-refractivity contribution is 6.03. The summed E-state index contributed by atoms with van der Waals surface area (Å²) >= 11 is 0. The molecule has 0 saturated heterocycles. The lowest BCUT2D eigenvalue weighted by Crippen LogP contribution is -2.35. The number of hydrogen-bond donors (Lipinski definition) is 3. The Labute approximate surface area is 175 Å². The molecule has 0 bridgehead atoms. The molecule has 1 aromatic carbocycles. The van der Waals surface area contributed by atoms with Crippen molar-refractivity contribution in [3.63, 3.8) is 0 Å². The van der Waals surface area contributed by atoms with Gasteiger partial charge in [0.1, 0.15) is 11.3 Å². The third kappa shape index (κ3) is 5.08. The Kier molecular flexibility index (Phi) is 7.15. The van der Waals surface area contributed by atoms with Crippen molar-refractivity contribution < 1.29 is 18.3 Å². The van der Waals surface area contributed by atoms with E-state index in [0.717, 1.165) is 10.1 Å². The van der Waals surface area contributed by atoms with E-state index in [4.69, 9.17) is 11.1 Å². The first kappa shape index (κ1) is 23.2. The highest BCUT2D eigenvalue weighted by Gasteiger charge is 2.40. The summed E-state index contributed by atoms with van der Waals surface area (Å²) < 4.78 is 40.0. The molecule has 0 radical (unpaired) electrons. The summed E-state index contributed by atoms with van der Waals surface area (Å²) in [5.41, 5.74) is 2.49. The van der Waals surface area contributed by atoms with E-state index in [-0.39, 0.29) is 23.8 Å². The number of anilines is 1. The van der Waals surface area contributed by atoms with Gasteiger partial charge in [-0.25, -0.2) is 0 Å². The molecule has 0 atom stereocenters. The SMILES string of the molecule is C#C.N=C(c1c(O)nc(-c2ncccc2N)n(CCc2ccccc2)c1=O)C(F)(F)F. The fourth-order valence-electron chi connectivity index (χ4n) is 2.78. The summed E-state index contributed by atoms with van der Waals surface area (Å²) in [4.78, 5) is 20.6. The summed E-state index contributed by atoms with van der Waals surface area (Å²) in [6, 6.07) is 12.0. The van der Waals surface area contributed by atoms with Gasteiger partial charge < -0.3 is 10.8 Å². The lowest BCUT2D eigenvalue weighted by molar-refractivity contribution is -0.0589. The third-order valence-electron chi connectivity index (χ3n) is 4.20. The molecule has 0 spiro atoms. The molecular weight excluding hydrogens is 411 g/mol. The van der Waals surface area contributed by atoms with Gasteiger partial charge in [-0.3, -0.25) is 19.8 Å². The van der Waals surface area contributed by atoms with Crippen LogP contribution in [0.15, 0.2) is 53.5 Å². The average Bonchev–Trinajstić information content (AvgIpc) is 2.74. The van der Waals surface area contributed by atoms with Crippen LogP contribution >= 0.6 is 0 Å². The van der Waals surface area contributed by atoms with E-state index < -0.39 is 28.9 Å². The van der Waals surface area contributed by atoms with Gasteiger partial charge >= 0.3 is 6.18 Å².